The molecule has 0 fully saturated rings. The highest BCUT2D eigenvalue weighted by molar-refractivity contribution is 7.52. The highest BCUT2D eigenvalue weighted by Gasteiger charge is 2.16. The van der Waals surface area contributed by atoms with E-state index in [2.05, 4.69) is 13.8 Å². The van der Waals surface area contributed by atoms with Crippen LogP contribution in [0.4, 0.5) is 0 Å². The maximum absolute atomic E-state index is 11.0. The van der Waals surface area contributed by atoms with Crippen molar-refractivity contribution in [2.24, 2.45) is 0 Å². The quantitative estimate of drug-likeness (QED) is 0.272. The van der Waals surface area contributed by atoms with Gasteiger partial charge in [0.15, 0.2) is 0 Å². The van der Waals surface area contributed by atoms with Crippen LogP contribution in [0.1, 0.15) is 0 Å². The van der Waals surface area contributed by atoms with E-state index in [0.29, 0.717) is 6.21 Å². The van der Waals surface area contributed by atoms with Crippen molar-refractivity contribution in [3.05, 3.63) is 5.53 Å². The highest BCUT2D eigenvalue weighted by Crippen LogP contribution is 2.42. The molecule has 0 radical (unpaired) electrons. The van der Waals surface area contributed by atoms with E-state index in [1.54, 1.807) is 0 Å². The summed E-state index contributed by atoms with van der Waals surface area (Å²) in [7, 11) is -1.90. The molecule has 7 heteroatoms. The first-order valence-corrected chi connectivity index (χ1v) is 4.99. The minimum Gasteiger partial charge on any atom is -0.361 e. The smallest absolute Gasteiger partial charge is 0.327 e. The lowest BCUT2D eigenvalue weighted by molar-refractivity contribution is -0.118. The normalized spacial score (nSPS) is 14.5. The Hall–Kier alpha value is -0.800. The summed E-state index contributed by atoms with van der Waals surface area (Å²) in [5, 5.41) is 0. The zero-order chi connectivity index (χ0) is 9.61. The predicted octanol–water partition coefficient (Wildman–Crippen LogP) is 0.342. The average Bonchev–Trinajstić information content (AvgIpc) is 2.02. The Morgan fingerprint density at radius 1 is 1.75 bits per heavy atom. The third-order valence-corrected chi connectivity index (χ3v) is 2.24. The molecular weight excluding hydrogens is 183 g/mol. The number of rotatable bonds is 5. The molecule has 0 N–H and O–H groups in total. The second kappa shape index (κ2) is 4.95. The molecule has 0 rings (SSSR count). The summed E-state index contributed by atoms with van der Waals surface area (Å²) < 4.78 is 20.0. The van der Waals surface area contributed by atoms with Crippen LogP contribution in [0.2, 0.25) is 0 Å². The molecule has 0 saturated carbocycles. The summed E-state index contributed by atoms with van der Waals surface area (Å²) in [6, 6.07) is 0. The molecule has 1 atom stereocenters. The predicted molar refractivity (Wildman–Crippen MR) is 41.2 cm³/mol. The Morgan fingerprint density at radius 3 is 2.75 bits per heavy atom. The third kappa shape index (κ3) is 4.93. The van der Waals surface area contributed by atoms with Gasteiger partial charge in [-0.05, 0) is 0 Å². The van der Waals surface area contributed by atoms with Gasteiger partial charge in [0, 0.05) is 13.8 Å². The van der Waals surface area contributed by atoms with Gasteiger partial charge < -0.3 is 14.6 Å². The lowest BCUT2D eigenvalue weighted by atomic mass is 10.5. The second-order valence-electron chi connectivity index (χ2n) is 1.94. The van der Waals surface area contributed by atoms with E-state index in [0.717, 1.165) is 0 Å². The number of hydrogen-bond acceptors (Lipinski definition) is 4. The molecule has 12 heavy (non-hydrogen) atoms. The molecule has 0 bridgehead atoms. The fourth-order valence-electron chi connectivity index (χ4n) is 0.335. The van der Waals surface area contributed by atoms with Gasteiger partial charge in [0.2, 0.25) is 0 Å². The van der Waals surface area contributed by atoms with Crippen LogP contribution in [-0.4, -0.2) is 37.2 Å². The monoisotopic (exact) mass is 192 g/mol. The van der Waals surface area contributed by atoms with Gasteiger partial charge >= 0.3 is 13.8 Å². The number of carbonyl (C=O) groups is 1. The molecular formula is C5H9N2O4P. The average molecular weight is 192 g/mol. The number of carbonyl (C=O) groups excluding carboxylic acids is 1. The van der Waals surface area contributed by atoms with Crippen LogP contribution in [0.15, 0.2) is 0 Å². The minimum atomic E-state index is -3.12. The van der Waals surface area contributed by atoms with Crippen molar-refractivity contribution in [1.82, 2.24) is 0 Å². The SMILES string of the molecule is COP(C)(=O)OCC(=O)C=[N+]=[N-]. The van der Waals surface area contributed by atoms with Crippen molar-refractivity contribution < 1.29 is 23.2 Å². The Bertz CT molecular complexity index is 258. The Balaban J connectivity index is 3.91. The van der Waals surface area contributed by atoms with E-state index in [-0.39, 0.29) is 0 Å². The van der Waals surface area contributed by atoms with Gasteiger partial charge in [0.25, 0.3) is 5.78 Å². The fourth-order valence-corrected chi connectivity index (χ4v) is 0.802. The Morgan fingerprint density at radius 2 is 2.33 bits per heavy atom. The second-order valence-corrected chi connectivity index (χ2v) is 4.10. The summed E-state index contributed by atoms with van der Waals surface area (Å²) in [4.78, 5) is 13.1. The van der Waals surface area contributed by atoms with Crippen molar-refractivity contribution in [1.29, 1.82) is 0 Å². The maximum Gasteiger partial charge on any atom is 0.327 e. The molecule has 0 heterocycles. The summed E-state index contributed by atoms with van der Waals surface area (Å²) in [6.07, 6.45) is 0.662. The largest absolute Gasteiger partial charge is 0.361 e. The van der Waals surface area contributed by atoms with E-state index < -0.39 is 20.0 Å². The topological polar surface area (TPSA) is 89.0 Å². The van der Waals surface area contributed by atoms with Crippen molar-refractivity contribution in [2.45, 2.75) is 0 Å². The van der Waals surface area contributed by atoms with Gasteiger partial charge in [0.05, 0.1) is 0 Å². The Kier molecular flexibility index (Phi) is 4.62. The highest BCUT2D eigenvalue weighted by atomic mass is 31.2. The zero-order valence-corrected chi connectivity index (χ0v) is 7.65. The number of Topliss-reactive ketones (excluding diaryl/α,β-unsaturated/α-hetero) is 1. The van der Waals surface area contributed by atoms with Crippen molar-refractivity contribution in [3.8, 4) is 0 Å². The van der Waals surface area contributed by atoms with Crippen LogP contribution in [0, 0.1) is 0 Å². The summed E-state index contributed by atoms with van der Waals surface area (Å²) >= 11 is 0. The van der Waals surface area contributed by atoms with E-state index in [4.69, 9.17) is 5.53 Å². The van der Waals surface area contributed by atoms with Crippen molar-refractivity contribution in [3.63, 3.8) is 0 Å². The third-order valence-electron chi connectivity index (χ3n) is 0.975. The molecule has 0 aromatic heterocycles. The summed E-state index contributed by atoms with van der Waals surface area (Å²) in [6.45, 7) is 0.808. The summed E-state index contributed by atoms with van der Waals surface area (Å²) in [5.74, 6) is -0.586. The van der Waals surface area contributed by atoms with Crippen LogP contribution in [-0.2, 0) is 18.4 Å². The molecule has 6 nitrogen and oxygen atoms in total. The molecule has 1 unspecified atom stereocenters. The van der Waals surface area contributed by atoms with Gasteiger partial charge in [-0.1, -0.05) is 0 Å². The van der Waals surface area contributed by atoms with Gasteiger partial charge in [0.1, 0.15) is 6.61 Å². The van der Waals surface area contributed by atoms with Crippen LogP contribution in [0.3, 0.4) is 0 Å². The van der Waals surface area contributed by atoms with E-state index >= 15 is 0 Å². The molecule has 0 amide bonds. The van der Waals surface area contributed by atoms with E-state index in [1.807, 2.05) is 0 Å². The standard InChI is InChI=1S/C5H9N2O4P/c1-10-12(2,9)11-4-5(8)3-7-6/h3H,4H2,1-2H3. The molecule has 0 aliphatic carbocycles. The zero-order valence-electron chi connectivity index (χ0n) is 6.76. The first kappa shape index (κ1) is 11.2. The number of hydrogen-bond donors (Lipinski definition) is 0. The summed E-state index contributed by atoms with van der Waals surface area (Å²) in [5.41, 5.74) is 7.92. The van der Waals surface area contributed by atoms with Crippen LogP contribution < -0.4 is 0 Å². The maximum atomic E-state index is 11.0. The van der Waals surface area contributed by atoms with Crippen molar-refractivity contribution >= 4 is 19.6 Å². The molecule has 0 saturated heterocycles. The first-order chi connectivity index (χ1) is 5.52. The lowest BCUT2D eigenvalue weighted by Crippen LogP contribution is -2.09. The van der Waals surface area contributed by atoms with Gasteiger partial charge in [-0.3, -0.25) is 9.36 Å². The molecule has 0 aliphatic rings. The molecule has 0 aromatic rings. The minimum absolute atomic E-state index is 0.425. The lowest BCUT2D eigenvalue weighted by Gasteiger charge is -2.07. The molecule has 0 aliphatic heterocycles. The van der Waals surface area contributed by atoms with E-state index in [1.165, 1.54) is 13.8 Å². The molecule has 0 spiro atoms. The van der Waals surface area contributed by atoms with Crippen LogP contribution in [0.5, 0.6) is 0 Å². The first-order valence-electron chi connectivity index (χ1n) is 3.00. The Labute approximate surface area is 69.6 Å². The van der Waals surface area contributed by atoms with Crippen molar-refractivity contribution in [2.75, 3.05) is 20.4 Å². The van der Waals surface area contributed by atoms with Gasteiger partial charge in [-0.15, -0.1) is 0 Å². The molecule has 68 valence electrons. The van der Waals surface area contributed by atoms with E-state index in [9.17, 15) is 9.36 Å². The fraction of sp³-hybridized carbons (Fsp3) is 0.600. The van der Waals surface area contributed by atoms with Gasteiger partial charge in [-0.2, -0.15) is 4.79 Å². The van der Waals surface area contributed by atoms with Crippen LogP contribution in [0.25, 0.3) is 5.53 Å². The molecule has 0 aromatic carbocycles. The number of ketones is 1. The van der Waals surface area contributed by atoms with Crippen LogP contribution >= 0.6 is 7.60 Å². The number of nitrogens with zero attached hydrogens (tertiary/aromatic N) is 2. The van der Waals surface area contributed by atoms with Gasteiger partial charge in [-0.25, -0.2) is 0 Å².